The van der Waals surface area contributed by atoms with E-state index in [0.29, 0.717) is 5.56 Å². The molecule has 4 rings (SSSR count). The van der Waals surface area contributed by atoms with E-state index in [-0.39, 0.29) is 17.0 Å². The number of rotatable bonds is 4. The molecule has 4 nitrogen and oxygen atoms in total. The number of nitrogens with one attached hydrogen (secondary N) is 1. The van der Waals surface area contributed by atoms with E-state index in [9.17, 15) is 4.79 Å². The van der Waals surface area contributed by atoms with Crippen LogP contribution >= 0.6 is 8.35 Å². The van der Waals surface area contributed by atoms with Crippen molar-refractivity contribution in [2.45, 2.75) is 71.4 Å². The Morgan fingerprint density at radius 1 is 1.00 bits per heavy atom. The summed E-state index contributed by atoms with van der Waals surface area (Å²) < 4.78 is 2.31. The Balaban J connectivity index is 1.81. The first-order chi connectivity index (χ1) is 14.5. The molecule has 31 heavy (non-hydrogen) atoms. The Kier molecular flexibility index (Phi) is 5.55. The first-order valence-corrected chi connectivity index (χ1v) is 11.9. The summed E-state index contributed by atoms with van der Waals surface area (Å²) in [5.41, 5.74) is 5.45. The van der Waals surface area contributed by atoms with Gasteiger partial charge >= 0.3 is 0 Å². The van der Waals surface area contributed by atoms with Gasteiger partial charge < -0.3 is 9.65 Å². The topological polar surface area (TPSA) is 46.9 Å². The number of carbonyl (C=O) groups is 1. The van der Waals surface area contributed by atoms with Crippen LogP contribution in [-0.4, -0.2) is 20.8 Å². The van der Waals surface area contributed by atoms with Crippen LogP contribution in [0.25, 0.3) is 22.6 Å². The molecule has 1 amide bonds. The van der Waals surface area contributed by atoms with Crippen LogP contribution in [0.3, 0.4) is 0 Å². The van der Waals surface area contributed by atoms with Crippen molar-refractivity contribution < 1.29 is 4.79 Å². The molecule has 0 spiro atoms. The van der Waals surface area contributed by atoms with Crippen molar-refractivity contribution in [2.24, 2.45) is 0 Å². The molecular formula is C26H32N3OP. The molecule has 1 saturated carbocycles. The number of pyridine rings is 1. The molecule has 162 valence electrons. The number of nitrogens with zero attached hydrogens (tertiary/aromatic N) is 2. The second-order valence-electron chi connectivity index (χ2n) is 10.5. The Labute approximate surface area is 187 Å². The average Bonchev–Trinajstić information content (AvgIpc) is 3.41. The molecule has 1 aromatic carbocycles. The van der Waals surface area contributed by atoms with E-state index in [1.807, 2.05) is 32.9 Å². The highest BCUT2D eigenvalue weighted by Crippen LogP contribution is 2.40. The fourth-order valence-corrected chi connectivity index (χ4v) is 4.71. The van der Waals surface area contributed by atoms with Crippen molar-refractivity contribution in [1.82, 2.24) is 14.6 Å². The van der Waals surface area contributed by atoms with E-state index < -0.39 is 0 Å². The van der Waals surface area contributed by atoms with Gasteiger partial charge in [0.2, 0.25) is 0 Å². The van der Waals surface area contributed by atoms with Gasteiger partial charge in [0, 0.05) is 30.6 Å². The summed E-state index contributed by atoms with van der Waals surface area (Å²) in [6.07, 6.45) is 2.58. The second-order valence-corrected chi connectivity index (χ2v) is 11.5. The zero-order chi connectivity index (χ0) is 22.4. The zero-order valence-electron chi connectivity index (χ0n) is 19.4. The minimum Gasteiger partial charge on any atom is -0.347 e. The fourth-order valence-electron chi connectivity index (χ4n) is 3.73. The Hall–Kier alpha value is -2.45. The highest BCUT2D eigenvalue weighted by atomic mass is 31.0. The number of aromatic nitrogens is 2. The second kappa shape index (κ2) is 7.91. The lowest BCUT2D eigenvalue weighted by atomic mass is 10.0. The lowest BCUT2D eigenvalue weighted by Gasteiger charge is -2.24. The molecule has 2 heterocycles. The fraction of sp³-hybridized carbons (Fsp3) is 0.423. The number of carbonyl (C=O) groups excluding carboxylic acids is 1. The van der Waals surface area contributed by atoms with Crippen LogP contribution in [0.1, 0.15) is 76.2 Å². The van der Waals surface area contributed by atoms with Crippen molar-refractivity contribution in [2.75, 3.05) is 0 Å². The van der Waals surface area contributed by atoms with Crippen LogP contribution < -0.4 is 5.32 Å². The summed E-state index contributed by atoms with van der Waals surface area (Å²) in [5.74, 6) is 2.78. The Bertz CT molecular complexity index is 1100. The van der Waals surface area contributed by atoms with Crippen LogP contribution in [0.2, 0.25) is 0 Å². The van der Waals surface area contributed by atoms with Gasteiger partial charge in [-0.25, -0.2) is 4.98 Å². The van der Waals surface area contributed by atoms with E-state index in [1.54, 1.807) is 0 Å². The molecular weight excluding hydrogens is 401 g/mol. The summed E-state index contributed by atoms with van der Waals surface area (Å²) in [7, 11) is 1.12. The van der Waals surface area contributed by atoms with Crippen molar-refractivity contribution in [1.29, 1.82) is 0 Å². The number of amides is 1. The molecule has 1 aliphatic carbocycles. The van der Waals surface area contributed by atoms with E-state index in [2.05, 4.69) is 66.5 Å². The SMILES string of the molecule is CC(C)(C)NC(=O)c1cc(-c2ccc(C3CC3)cc2)nc(-c2ccpn2C(C)(C)C)c1. The molecule has 0 bridgehead atoms. The summed E-state index contributed by atoms with van der Waals surface area (Å²) in [4.78, 5) is 18.1. The summed E-state index contributed by atoms with van der Waals surface area (Å²) >= 11 is 0. The van der Waals surface area contributed by atoms with Crippen molar-refractivity contribution in [3.8, 4) is 22.6 Å². The predicted molar refractivity (Wildman–Crippen MR) is 130 cm³/mol. The molecule has 1 fully saturated rings. The van der Waals surface area contributed by atoms with Gasteiger partial charge in [-0.3, -0.25) is 4.79 Å². The Morgan fingerprint density at radius 2 is 1.65 bits per heavy atom. The molecule has 1 N–H and O–H groups in total. The first-order valence-electron chi connectivity index (χ1n) is 11.0. The quantitative estimate of drug-likeness (QED) is 0.483. The van der Waals surface area contributed by atoms with Crippen LogP contribution in [0, 0.1) is 0 Å². The van der Waals surface area contributed by atoms with Crippen LogP contribution in [0.5, 0.6) is 0 Å². The molecule has 0 unspecified atom stereocenters. The van der Waals surface area contributed by atoms with Gasteiger partial charge in [0.1, 0.15) is 0 Å². The van der Waals surface area contributed by atoms with Gasteiger partial charge in [-0.2, -0.15) is 0 Å². The van der Waals surface area contributed by atoms with Gasteiger partial charge in [0.15, 0.2) is 0 Å². The molecule has 0 radical (unpaired) electrons. The maximum absolute atomic E-state index is 13.1. The van der Waals surface area contributed by atoms with Gasteiger partial charge in [-0.15, -0.1) is 0 Å². The molecule has 5 heteroatoms. The van der Waals surface area contributed by atoms with E-state index >= 15 is 0 Å². The lowest BCUT2D eigenvalue weighted by molar-refractivity contribution is 0.0919. The molecule has 2 aromatic heterocycles. The van der Waals surface area contributed by atoms with Gasteiger partial charge in [-0.1, -0.05) is 24.3 Å². The lowest BCUT2D eigenvalue weighted by Crippen LogP contribution is -2.40. The monoisotopic (exact) mass is 433 g/mol. The Morgan fingerprint density at radius 3 is 2.23 bits per heavy atom. The highest BCUT2D eigenvalue weighted by Gasteiger charge is 2.24. The van der Waals surface area contributed by atoms with Crippen LogP contribution in [0.15, 0.2) is 48.3 Å². The number of benzene rings is 1. The zero-order valence-corrected chi connectivity index (χ0v) is 20.3. The van der Waals surface area contributed by atoms with Crippen LogP contribution in [0.4, 0.5) is 0 Å². The normalized spacial score (nSPS) is 14.8. The maximum atomic E-state index is 13.1. The van der Waals surface area contributed by atoms with Gasteiger partial charge in [-0.05, 0) is 89.9 Å². The third-order valence-corrected chi connectivity index (χ3v) is 6.70. The smallest absolute Gasteiger partial charge is 0.251 e. The van der Waals surface area contributed by atoms with Gasteiger partial charge in [0.05, 0.1) is 17.1 Å². The summed E-state index contributed by atoms with van der Waals surface area (Å²) in [6, 6.07) is 14.6. The maximum Gasteiger partial charge on any atom is 0.251 e. The minimum absolute atomic E-state index is 0.0438. The summed E-state index contributed by atoms with van der Waals surface area (Å²) in [6.45, 7) is 12.6. The van der Waals surface area contributed by atoms with Crippen molar-refractivity contribution >= 4 is 14.3 Å². The van der Waals surface area contributed by atoms with Gasteiger partial charge in [0.25, 0.3) is 5.91 Å². The van der Waals surface area contributed by atoms with Crippen molar-refractivity contribution in [3.63, 3.8) is 0 Å². The predicted octanol–water partition coefficient (Wildman–Crippen LogP) is 6.96. The third kappa shape index (κ3) is 5.07. The average molecular weight is 434 g/mol. The van der Waals surface area contributed by atoms with E-state index in [1.165, 1.54) is 18.4 Å². The largest absolute Gasteiger partial charge is 0.347 e. The number of hydrogen-bond donors (Lipinski definition) is 1. The van der Waals surface area contributed by atoms with Crippen LogP contribution in [-0.2, 0) is 5.54 Å². The van der Waals surface area contributed by atoms with E-state index in [4.69, 9.17) is 4.98 Å². The van der Waals surface area contributed by atoms with Crippen molar-refractivity contribution in [3.05, 3.63) is 59.4 Å². The molecule has 0 saturated heterocycles. The van der Waals surface area contributed by atoms with E-state index in [0.717, 1.165) is 36.9 Å². The summed E-state index contributed by atoms with van der Waals surface area (Å²) in [5, 5.41) is 3.10. The molecule has 3 aromatic rings. The minimum atomic E-state index is -0.303. The molecule has 0 aliphatic heterocycles. The standard InChI is InChI=1S/C26H32N3OP/c1-25(2,3)28-24(30)20-15-21(19-11-9-18(10-12-19)17-7-8-17)27-22(16-20)23-13-14-31-29(23)26(4,5)6/h9-17H,7-8H2,1-6H3,(H,28,30). The molecule has 0 atom stereocenters. The molecule has 1 aliphatic rings. The number of hydrogen-bond acceptors (Lipinski definition) is 2. The first kappa shape index (κ1) is 21.8. The third-order valence-electron chi connectivity index (χ3n) is 5.37. The highest BCUT2D eigenvalue weighted by molar-refractivity contribution is 7.25.